The molecule has 4 heteroatoms. The number of ether oxygens (including phenoxy) is 1. The molecule has 3 rings (SSSR count). The molecule has 1 aliphatic rings. The summed E-state index contributed by atoms with van der Waals surface area (Å²) in [6.45, 7) is 2.79. The Morgan fingerprint density at radius 2 is 2.13 bits per heavy atom. The number of rotatable bonds is 5. The van der Waals surface area contributed by atoms with Crippen molar-refractivity contribution in [2.24, 2.45) is 0 Å². The van der Waals surface area contributed by atoms with Crippen molar-refractivity contribution < 1.29 is 9.53 Å². The molecule has 0 saturated carbocycles. The van der Waals surface area contributed by atoms with Crippen LogP contribution in [0.15, 0.2) is 48.8 Å². The highest BCUT2D eigenvalue weighted by Crippen LogP contribution is 2.21. The number of hydrogen-bond acceptors (Lipinski definition) is 3. The van der Waals surface area contributed by atoms with E-state index >= 15 is 0 Å². The first kappa shape index (κ1) is 15.7. The minimum atomic E-state index is -0.00754. The molecular formula is C19H22N2O2. The van der Waals surface area contributed by atoms with Crippen molar-refractivity contribution in [1.82, 2.24) is 10.3 Å². The normalized spacial score (nSPS) is 18.6. The van der Waals surface area contributed by atoms with E-state index in [0.29, 0.717) is 6.42 Å². The van der Waals surface area contributed by atoms with Gasteiger partial charge in [-0.2, -0.15) is 0 Å². The molecule has 1 N–H and O–H groups in total. The lowest BCUT2D eigenvalue weighted by Crippen LogP contribution is -2.29. The van der Waals surface area contributed by atoms with Crippen LogP contribution in [0.2, 0.25) is 0 Å². The van der Waals surface area contributed by atoms with Crippen molar-refractivity contribution >= 4 is 5.91 Å². The van der Waals surface area contributed by atoms with Gasteiger partial charge in [-0.25, -0.2) is 0 Å². The largest absolute Gasteiger partial charge is 0.378 e. The smallest absolute Gasteiger partial charge is 0.223 e. The van der Waals surface area contributed by atoms with Gasteiger partial charge in [-0.15, -0.1) is 0 Å². The number of aromatic nitrogens is 1. The molecule has 4 nitrogen and oxygen atoms in total. The fraction of sp³-hybridized carbons (Fsp3) is 0.368. The summed E-state index contributed by atoms with van der Waals surface area (Å²) in [5.74, 6) is 0.0562. The van der Waals surface area contributed by atoms with Crippen LogP contribution in [0.5, 0.6) is 0 Å². The van der Waals surface area contributed by atoms with E-state index in [2.05, 4.69) is 34.6 Å². The van der Waals surface area contributed by atoms with E-state index in [1.54, 1.807) is 6.20 Å². The monoisotopic (exact) mass is 310 g/mol. The Morgan fingerprint density at radius 3 is 2.78 bits per heavy atom. The molecule has 1 amide bonds. The van der Waals surface area contributed by atoms with E-state index in [4.69, 9.17) is 4.74 Å². The summed E-state index contributed by atoms with van der Waals surface area (Å²) in [6, 6.07) is 12.2. The fourth-order valence-electron chi connectivity index (χ4n) is 2.89. The molecule has 2 aromatic rings. The van der Waals surface area contributed by atoms with Gasteiger partial charge >= 0.3 is 0 Å². The van der Waals surface area contributed by atoms with Crippen LogP contribution in [0, 0.1) is 0 Å². The van der Waals surface area contributed by atoms with E-state index in [1.165, 1.54) is 0 Å². The van der Waals surface area contributed by atoms with E-state index < -0.39 is 0 Å². The molecule has 2 atom stereocenters. The van der Waals surface area contributed by atoms with Crippen LogP contribution >= 0.6 is 0 Å². The Morgan fingerprint density at radius 1 is 1.30 bits per heavy atom. The molecule has 1 fully saturated rings. The van der Waals surface area contributed by atoms with Gasteiger partial charge in [-0.05, 0) is 42.5 Å². The number of carbonyl (C=O) groups excluding carboxylic acids is 1. The van der Waals surface area contributed by atoms with Gasteiger partial charge in [0.25, 0.3) is 0 Å². The lowest BCUT2D eigenvalue weighted by molar-refractivity contribution is -0.123. The maximum atomic E-state index is 12.1. The van der Waals surface area contributed by atoms with Gasteiger partial charge < -0.3 is 10.1 Å². The third kappa shape index (κ3) is 4.17. The number of carbonyl (C=O) groups is 1. The van der Waals surface area contributed by atoms with E-state index in [-0.39, 0.29) is 18.1 Å². The molecule has 2 heterocycles. The minimum Gasteiger partial charge on any atom is -0.378 e. The van der Waals surface area contributed by atoms with Crippen LogP contribution in [0.1, 0.15) is 37.8 Å². The highest BCUT2D eigenvalue weighted by Gasteiger charge is 2.20. The second-order valence-electron chi connectivity index (χ2n) is 5.99. The first-order valence-electron chi connectivity index (χ1n) is 8.14. The summed E-state index contributed by atoms with van der Waals surface area (Å²) in [6.07, 6.45) is 6.21. The molecule has 0 spiro atoms. The minimum absolute atomic E-state index is 0.00754. The maximum absolute atomic E-state index is 12.1. The van der Waals surface area contributed by atoms with Crippen molar-refractivity contribution in [1.29, 1.82) is 0 Å². The zero-order valence-electron chi connectivity index (χ0n) is 13.4. The summed E-state index contributed by atoms with van der Waals surface area (Å²) in [7, 11) is 0. The fourth-order valence-corrected chi connectivity index (χ4v) is 2.89. The van der Waals surface area contributed by atoms with E-state index in [9.17, 15) is 4.79 Å². The molecule has 0 unspecified atom stereocenters. The Labute approximate surface area is 136 Å². The van der Waals surface area contributed by atoms with Crippen molar-refractivity contribution in [3.05, 3.63) is 54.4 Å². The van der Waals surface area contributed by atoms with E-state index in [1.807, 2.05) is 25.3 Å². The second kappa shape index (κ2) is 7.38. The number of benzene rings is 1. The summed E-state index contributed by atoms with van der Waals surface area (Å²) in [4.78, 5) is 16.2. The Hall–Kier alpha value is -2.20. The molecule has 1 aliphatic heterocycles. The SMILES string of the molecule is C[C@H](NC(=O)C[C@@H]1CCCO1)c1ccc(-c2cccnc2)cc1. The quantitative estimate of drug-likeness (QED) is 0.919. The predicted octanol–water partition coefficient (Wildman–Crippen LogP) is 3.49. The molecule has 0 aliphatic carbocycles. The third-order valence-corrected chi connectivity index (χ3v) is 4.22. The highest BCUT2D eigenvalue weighted by molar-refractivity contribution is 5.77. The predicted molar refractivity (Wildman–Crippen MR) is 89.8 cm³/mol. The topological polar surface area (TPSA) is 51.2 Å². The van der Waals surface area contributed by atoms with Crippen molar-refractivity contribution in [3.8, 4) is 11.1 Å². The molecule has 0 bridgehead atoms. The number of nitrogens with zero attached hydrogens (tertiary/aromatic N) is 1. The molecule has 0 radical (unpaired) electrons. The van der Waals surface area contributed by atoms with Gasteiger partial charge in [0.15, 0.2) is 0 Å². The third-order valence-electron chi connectivity index (χ3n) is 4.22. The first-order chi connectivity index (χ1) is 11.2. The van der Waals surface area contributed by atoms with Crippen LogP contribution in [-0.2, 0) is 9.53 Å². The van der Waals surface area contributed by atoms with Crippen LogP contribution in [0.4, 0.5) is 0 Å². The Bertz CT molecular complexity index is 634. The summed E-state index contributed by atoms with van der Waals surface area (Å²) in [5.41, 5.74) is 3.31. The lowest BCUT2D eigenvalue weighted by Gasteiger charge is -2.16. The van der Waals surface area contributed by atoms with Crippen LogP contribution < -0.4 is 5.32 Å². The molecule has 1 saturated heterocycles. The average molecular weight is 310 g/mol. The van der Waals surface area contributed by atoms with Crippen LogP contribution in [0.25, 0.3) is 11.1 Å². The highest BCUT2D eigenvalue weighted by atomic mass is 16.5. The van der Waals surface area contributed by atoms with Crippen molar-refractivity contribution in [2.45, 2.75) is 38.3 Å². The van der Waals surface area contributed by atoms with Crippen LogP contribution in [-0.4, -0.2) is 23.6 Å². The summed E-state index contributed by atoms with van der Waals surface area (Å²) >= 11 is 0. The molecule has 120 valence electrons. The number of hydrogen-bond donors (Lipinski definition) is 1. The van der Waals surface area contributed by atoms with Crippen molar-refractivity contribution in [3.63, 3.8) is 0 Å². The Balaban J connectivity index is 1.59. The van der Waals surface area contributed by atoms with Crippen LogP contribution in [0.3, 0.4) is 0 Å². The zero-order chi connectivity index (χ0) is 16.1. The van der Waals surface area contributed by atoms with E-state index in [0.717, 1.165) is 36.1 Å². The molecule has 23 heavy (non-hydrogen) atoms. The molecule has 1 aromatic heterocycles. The van der Waals surface area contributed by atoms with Gasteiger partial charge in [0.05, 0.1) is 18.6 Å². The van der Waals surface area contributed by atoms with Gasteiger partial charge in [0.2, 0.25) is 5.91 Å². The maximum Gasteiger partial charge on any atom is 0.223 e. The van der Waals surface area contributed by atoms with Crippen molar-refractivity contribution in [2.75, 3.05) is 6.61 Å². The number of amides is 1. The molecular weight excluding hydrogens is 288 g/mol. The van der Waals surface area contributed by atoms with Gasteiger partial charge in [-0.1, -0.05) is 30.3 Å². The zero-order valence-corrected chi connectivity index (χ0v) is 13.4. The standard InChI is InChI=1S/C19H22N2O2/c1-14(21-19(22)12-18-5-3-11-23-18)15-6-8-16(9-7-15)17-4-2-10-20-13-17/h2,4,6-10,13-14,18H,3,5,11-12H2,1H3,(H,21,22)/t14-,18-/m0/s1. The number of nitrogens with one attached hydrogen (secondary N) is 1. The lowest BCUT2D eigenvalue weighted by atomic mass is 10.0. The van der Waals surface area contributed by atoms with Gasteiger partial charge in [0, 0.05) is 19.0 Å². The summed E-state index contributed by atoms with van der Waals surface area (Å²) in [5, 5.41) is 3.05. The summed E-state index contributed by atoms with van der Waals surface area (Å²) < 4.78 is 5.51. The molecule has 1 aromatic carbocycles. The first-order valence-corrected chi connectivity index (χ1v) is 8.14. The average Bonchev–Trinajstić information content (AvgIpc) is 3.08. The van der Waals surface area contributed by atoms with Gasteiger partial charge in [0.1, 0.15) is 0 Å². The second-order valence-corrected chi connectivity index (χ2v) is 5.99. The van der Waals surface area contributed by atoms with Gasteiger partial charge in [-0.3, -0.25) is 9.78 Å². The Kier molecular flexibility index (Phi) is 5.03. The number of pyridine rings is 1.